The third kappa shape index (κ3) is 8.03. The van der Waals surface area contributed by atoms with E-state index in [2.05, 4.69) is 17.4 Å². The summed E-state index contributed by atoms with van der Waals surface area (Å²) < 4.78 is 10.7. The van der Waals surface area contributed by atoms with E-state index in [4.69, 9.17) is 14.6 Å². The predicted octanol–water partition coefficient (Wildman–Crippen LogP) is 3.70. The molecule has 0 aromatic heterocycles. The Kier molecular flexibility index (Phi) is 9.08. The molecule has 0 saturated heterocycles. The van der Waals surface area contributed by atoms with Crippen molar-refractivity contribution in [3.63, 3.8) is 0 Å². The molecule has 2 aromatic rings. The summed E-state index contributed by atoms with van der Waals surface area (Å²) in [5.74, 6) is 0.824. The molecule has 2 N–H and O–H groups in total. The first-order chi connectivity index (χ1) is 12.8. The van der Waals surface area contributed by atoms with Crippen molar-refractivity contribution in [1.29, 1.82) is 0 Å². The molecule has 26 heavy (non-hydrogen) atoms. The van der Waals surface area contributed by atoms with Crippen LogP contribution >= 0.6 is 0 Å². The van der Waals surface area contributed by atoms with Gasteiger partial charge in [-0.15, -0.1) is 0 Å². The first-order valence-corrected chi connectivity index (χ1v) is 9.05. The second kappa shape index (κ2) is 11.9. The van der Waals surface area contributed by atoms with E-state index in [9.17, 15) is 4.79 Å². The number of alkyl carbamates (subject to hydrolysis) is 1. The molecule has 0 spiro atoms. The molecular formula is C21H27NO4. The summed E-state index contributed by atoms with van der Waals surface area (Å²) in [7, 11) is 0. The van der Waals surface area contributed by atoms with Crippen LogP contribution in [0.5, 0.6) is 5.75 Å². The van der Waals surface area contributed by atoms with Gasteiger partial charge in [0.2, 0.25) is 0 Å². The zero-order chi connectivity index (χ0) is 18.5. The number of aryl methyl sites for hydroxylation is 1. The smallest absolute Gasteiger partial charge is 0.407 e. The highest BCUT2D eigenvalue weighted by Gasteiger charge is 2.02. The summed E-state index contributed by atoms with van der Waals surface area (Å²) >= 11 is 0. The Morgan fingerprint density at radius 2 is 1.69 bits per heavy atom. The molecule has 2 aromatic carbocycles. The molecular weight excluding hydrogens is 330 g/mol. The van der Waals surface area contributed by atoms with E-state index in [1.54, 1.807) is 0 Å². The Hall–Kier alpha value is -2.53. The molecule has 0 saturated carbocycles. The lowest BCUT2D eigenvalue weighted by atomic mass is 10.1. The molecule has 2 rings (SSSR count). The van der Waals surface area contributed by atoms with Crippen molar-refractivity contribution in [3.8, 4) is 5.75 Å². The maximum absolute atomic E-state index is 11.6. The van der Waals surface area contributed by atoms with Crippen LogP contribution in [0.2, 0.25) is 0 Å². The zero-order valence-corrected chi connectivity index (χ0v) is 15.0. The summed E-state index contributed by atoms with van der Waals surface area (Å²) in [6.07, 6.45) is 3.11. The van der Waals surface area contributed by atoms with Crippen molar-refractivity contribution in [3.05, 3.63) is 65.7 Å². The average Bonchev–Trinajstić information content (AvgIpc) is 2.68. The van der Waals surface area contributed by atoms with Gasteiger partial charge in [-0.3, -0.25) is 0 Å². The van der Waals surface area contributed by atoms with E-state index >= 15 is 0 Å². The second-order valence-electron chi connectivity index (χ2n) is 6.02. The van der Waals surface area contributed by atoms with Crippen molar-refractivity contribution in [2.75, 3.05) is 19.8 Å². The molecule has 5 nitrogen and oxygen atoms in total. The van der Waals surface area contributed by atoms with Gasteiger partial charge >= 0.3 is 6.09 Å². The molecule has 0 atom stereocenters. The van der Waals surface area contributed by atoms with Crippen LogP contribution in [0.15, 0.2) is 54.6 Å². The van der Waals surface area contributed by atoms with Crippen LogP contribution in [0, 0.1) is 0 Å². The van der Waals surface area contributed by atoms with Gasteiger partial charge in [-0.25, -0.2) is 4.79 Å². The van der Waals surface area contributed by atoms with Gasteiger partial charge in [0, 0.05) is 19.6 Å². The van der Waals surface area contributed by atoms with E-state index < -0.39 is 0 Å². The first kappa shape index (κ1) is 19.8. The Bertz CT molecular complexity index is 628. The second-order valence-corrected chi connectivity index (χ2v) is 6.02. The Balaban J connectivity index is 1.53. The molecule has 0 bridgehead atoms. The summed E-state index contributed by atoms with van der Waals surface area (Å²) in [6.45, 7) is 1.57. The number of unbranched alkanes of at least 4 members (excludes halogenated alkanes) is 1. The largest absolute Gasteiger partial charge is 0.494 e. The van der Waals surface area contributed by atoms with Gasteiger partial charge in [0.1, 0.15) is 12.4 Å². The minimum absolute atomic E-state index is 0.145. The lowest BCUT2D eigenvalue weighted by molar-refractivity contribution is 0.139. The number of ether oxygens (including phenoxy) is 2. The molecule has 0 heterocycles. The minimum Gasteiger partial charge on any atom is -0.494 e. The number of rotatable bonds is 11. The van der Waals surface area contributed by atoms with Gasteiger partial charge in [0.15, 0.2) is 0 Å². The van der Waals surface area contributed by atoms with Gasteiger partial charge in [-0.1, -0.05) is 42.5 Å². The number of aliphatic hydroxyl groups excluding tert-OH is 1. The van der Waals surface area contributed by atoms with Gasteiger partial charge < -0.3 is 19.9 Å². The van der Waals surface area contributed by atoms with Crippen LogP contribution in [0.25, 0.3) is 0 Å². The minimum atomic E-state index is -0.377. The fourth-order valence-corrected chi connectivity index (χ4v) is 2.43. The maximum Gasteiger partial charge on any atom is 0.407 e. The molecule has 5 heteroatoms. The summed E-state index contributed by atoms with van der Waals surface area (Å²) in [5, 5.41) is 11.5. The van der Waals surface area contributed by atoms with Crippen molar-refractivity contribution < 1.29 is 19.4 Å². The summed E-state index contributed by atoms with van der Waals surface area (Å²) in [4.78, 5) is 11.6. The van der Waals surface area contributed by atoms with Gasteiger partial charge in [-0.05, 0) is 42.5 Å². The van der Waals surface area contributed by atoms with E-state index in [0.29, 0.717) is 26.2 Å². The topological polar surface area (TPSA) is 67.8 Å². The number of carbonyl (C=O) groups is 1. The summed E-state index contributed by atoms with van der Waals surface area (Å²) in [5.41, 5.74) is 2.22. The number of benzene rings is 2. The third-order valence-corrected chi connectivity index (χ3v) is 3.87. The highest BCUT2D eigenvalue weighted by Crippen LogP contribution is 2.14. The van der Waals surface area contributed by atoms with E-state index in [0.717, 1.165) is 30.6 Å². The van der Waals surface area contributed by atoms with Crippen LogP contribution in [-0.2, 0) is 17.8 Å². The molecule has 140 valence electrons. The molecule has 1 amide bonds. The highest BCUT2D eigenvalue weighted by atomic mass is 16.5. The summed E-state index contributed by atoms with van der Waals surface area (Å²) in [6, 6.07) is 17.6. The SMILES string of the molecule is O=C(NCCCCc1ccc(OCCCO)cc1)OCc1ccccc1. The molecule has 0 fully saturated rings. The van der Waals surface area contributed by atoms with E-state index in [-0.39, 0.29) is 12.7 Å². The van der Waals surface area contributed by atoms with E-state index in [1.807, 2.05) is 42.5 Å². The molecule has 0 unspecified atom stereocenters. The van der Waals surface area contributed by atoms with Crippen molar-refractivity contribution in [2.45, 2.75) is 32.3 Å². The fraction of sp³-hybridized carbons (Fsp3) is 0.381. The number of hydrogen-bond acceptors (Lipinski definition) is 4. The van der Waals surface area contributed by atoms with Crippen LogP contribution in [0.3, 0.4) is 0 Å². The number of aliphatic hydroxyl groups is 1. The number of nitrogens with one attached hydrogen (secondary N) is 1. The Labute approximate surface area is 155 Å². The van der Waals surface area contributed by atoms with Gasteiger partial charge in [0.25, 0.3) is 0 Å². The van der Waals surface area contributed by atoms with Crippen molar-refractivity contribution >= 4 is 6.09 Å². The fourth-order valence-electron chi connectivity index (χ4n) is 2.43. The standard InChI is InChI=1S/C21H27NO4/c23-15-6-16-25-20-12-10-18(11-13-20)7-4-5-14-22-21(24)26-17-19-8-2-1-3-9-19/h1-3,8-13,23H,4-7,14-17H2,(H,22,24). The van der Waals surface area contributed by atoms with Gasteiger partial charge in [-0.2, -0.15) is 0 Å². The normalized spacial score (nSPS) is 10.3. The van der Waals surface area contributed by atoms with Crippen LogP contribution in [0.1, 0.15) is 30.4 Å². The van der Waals surface area contributed by atoms with Crippen molar-refractivity contribution in [1.82, 2.24) is 5.32 Å². The van der Waals surface area contributed by atoms with E-state index in [1.165, 1.54) is 5.56 Å². The van der Waals surface area contributed by atoms with Crippen LogP contribution in [0.4, 0.5) is 4.79 Å². The van der Waals surface area contributed by atoms with Crippen LogP contribution < -0.4 is 10.1 Å². The van der Waals surface area contributed by atoms with Crippen LogP contribution in [-0.4, -0.2) is 31.0 Å². The van der Waals surface area contributed by atoms with Crippen molar-refractivity contribution in [2.24, 2.45) is 0 Å². The lowest BCUT2D eigenvalue weighted by Crippen LogP contribution is -2.25. The predicted molar refractivity (Wildman–Crippen MR) is 101 cm³/mol. The first-order valence-electron chi connectivity index (χ1n) is 9.05. The monoisotopic (exact) mass is 357 g/mol. The Morgan fingerprint density at radius 3 is 2.42 bits per heavy atom. The zero-order valence-electron chi connectivity index (χ0n) is 15.0. The van der Waals surface area contributed by atoms with Gasteiger partial charge in [0.05, 0.1) is 6.61 Å². The quantitative estimate of drug-likeness (QED) is 0.602. The number of hydrogen-bond donors (Lipinski definition) is 2. The Morgan fingerprint density at radius 1 is 0.923 bits per heavy atom. The molecule has 0 aliphatic heterocycles. The average molecular weight is 357 g/mol. The molecule has 0 radical (unpaired) electrons. The number of amides is 1. The highest BCUT2D eigenvalue weighted by molar-refractivity contribution is 5.67. The lowest BCUT2D eigenvalue weighted by Gasteiger charge is -2.08. The molecule has 0 aliphatic carbocycles. The molecule has 0 aliphatic rings. The third-order valence-electron chi connectivity index (χ3n) is 3.87. The number of carbonyl (C=O) groups excluding carboxylic acids is 1. The maximum atomic E-state index is 11.6.